The van der Waals surface area contributed by atoms with Gasteiger partial charge in [0, 0.05) is 54.3 Å². The summed E-state index contributed by atoms with van der Waals surface area (Å²) < 4.78 is 21.7. The van der Waals surface area contributed by atoms with Gasteiger partial charge in [-0.3, -0.25) is 14.6 Å². The molecular weight excluding hydrogens is 477 g/mol. The van der Waals surface area contributed by atoms with Gasteiger partial charge >= 0.3 is 5.97 Å². The van der Waals surface area contributed by atoms with Crippen molar-refractivity contribution in [2.45, 2.75) is 70.1 Å². The van der Waals surface area contributed by atoms with Crippen LogP contribution in [0.2, 0.25) is 0 Å². The first-order valence-electron chi connectivity index (χ1n) is 14.5. The Hall–Kier alpha value is -2.70. The van der Waals surface area contributed by atoms with E-state index in [1.165, 1.54) is 56.8 Å². The molecule has 4 atom stereocenters. The van der Waals surface area contributed by atoms with Crippen LogP contribution in [0.1, 0.15) is 56.1 Å². The zero-order chi connectivity index (χ0) is 26.1. The highest BCUT2D eigenvalue weighted by atomic mass is 19.1. The molecule has 6 rings (SSSR count). The summed E-state index contributed by atoms with van der Waals surface area (Å²) in [5.41, 5.74) is 3.19. The first-order valence-corrected chi connectivity index (χ1v) is 14.5. The Morgan fingerprint density at radius 2 is 1.79 bits per heavy atom. The molecular formula is C32H40FN3O2. The van der Waals surface area contributed by atoms with Gasteiger partial charge in [-0.05, 0) is 81.1 Å². The number of methoxy groups -OCH3 is 1. The normalized spacial score (nSPS) is 25.8. The molecule has 3 aliphatic heterocycles. The van der Waals surface area contributed by atoms with Crippen molar-refractivity contribution in [3.63, 3.8) is 0 Å². The third kappa shape index (κ3) is 5.01. The fourth-order valence-electron chi connectivity index (χ4n) is 7.83. The van der Waals surface area contributed by atoms with Crippen molar-refractivity contribution < 1.29 is 13.9 Å². The van der Waals surface area contributed by atoms with Gasteiger partial charge in [-0.2, -0.15) is 0 Å². The van der Waals surface area contributed by atoms with Gasteiger partial charge in [0.05, 0.1) is 13.7 Å². The number of hydrogen-bond donors (Lipinski definition) is 0. The minimum atomic E-state index is -0.154. The maximum absolute atomic E-state index is 14.5. The average Bonchev–Trinajstić information content (AvgIpc) is 3.28. The molecule has 0 amide bonds. The Balaban J connectivity index is 1.30. The van der Waals surface area contributed by atoms with E-state index in [2.05, 4.69) is 44.8 Å². The Bertz CT molecular complexity index is 1270. The van der Waals surface area contributed by atoms with E-state index in [1.54, 1.807) is 12.1 Å². The lowest BCUT2D eigenvalue weighted by Crippen LogP contribution is -2.64. The zero-order valence-electron chi connectivity index (χ0n) is 22.5. The SMILES string of the molecule is COC(=O)CCC[C@@H]1[C@H]2CCCN3CCC[C@H](CN1Cc1cn(Cc4ccccc4F)c4ccccc14)[C@@H]23. The fraction of sp³-hybridized carbons (Fsp3) is 0.531. The topological polar surface area (TPSA) is 37.7 Å². The number of aromatic nitrogens is 1. The minimum Gasteiger partial charge on any atom is -0.469 e. The van der Waals surface area contributed by atoms with Crippen molar-refractivity contribution in [2.24, 2.45) is 11.8 Å². The van der Waals surface area contributed by atoms with Crippen LogP contribution in [0.4, 0.5) is 4.39 Å². The van der Waals surface area contributed by atoms with Gasteiger partial charge in [0.2, 0.25) is 0 Å². The maximum atomic E-state index is 14.5. The van der Waals surface area contributed by atoms with Crippen LogP contribution < -0.4 is 0 Å². The van der Waals surface area contributed by atoms with Crippen LogP contribution in [0.3, 0.4) is 0 Å². The first-order chi connectivity index (χ1) is 18.6. The van der Waals surface area contributed by atoms with Gasteiger partial charge < -0.3 is 9.30 Å². The number of fused-ring (bicyclic) bond motifs is 1. The van der Waals surface area contributed by atoms with Gasteiger partial charge in [0.1, 0.15) is 5.82 Å². The summed E-state index contributed by atoms with van der Waals surface area (Å²) in [4.78, 5) is 17.4. The second-order valence-electron chi connectivity index (χ2n) is 11.6. The molecule has 0 N–H and O–H groups in total. The molecule has 0 bridgehead atoms. The van der Waals surface area contributed by atoms with Crippen LogP contribution in [0, 0.1) is 17.7 Å². The number of benzene rings is 2. The number of carbonyl (C=O) groups excluding carboxylic acids is 1. The van der Waals surface area contributed by atoms with E-state index >= 15 is 0 Å². The van der Waals surface area contributed by atoms with E-state index < -0.39 is 0 Å². The molecule has 3 aromatic rings. The van der Waals surface area contributed by atoms with E-state index in [0.29, 0.717) is 36.5 Å². The second kappa shape index (κ2) is 11.2. The summed E-state index contributed by atoms with van der Waals surface area (Å²) in [6.07, 6.45) is 9.83. The lowest BCUT2D eigenvalue weighted by Gasteiger charge is -2.57. The standard InChI is InChI=1S/C32H40FN3O2/c1-38-31(37)16-6-15-30-27-12-8-18-34-17-7-10-24(32(27)34)20-36(30)22-25-21-35(29-14-5-3-11-26(25)29)19-23-9-2-4-13-28(23)33/h2-5,9,11,13-14,21,24,27,30,32H,6-8,10,12,15-20,22H2,1H3/t24-,27-,30-,32+/m1/s1. The second-order valence-corrected chi connectivity index (χ2v) is 11.6. The van der Waals surface area contributed by atoms with Gasteiger partial charge in [-0.1, -0.05) is 36.4 Å². The average molecular weight is 518 g/mol. The van der Waals surface area contributed by atoms with E-state index in [1.807, 2.05) is 12.1 Å². The number of likely N-dealkylation sites (tertiary alicyclic amines) is 1. The number of rotatable bonds is 8. The summed E-state index contributed by atoms with van der Waals surface area (Å²) >= 11 is 0. The van der Waals surface area contributed by atoms with E-state index in [4.69, 9.17) is 4.74 Å². The molecule has 3 saturated heterocycles. The lowest BCUT2D eigenvalue weighted by atomic mass is 9.69. The minimum absolute atomic E-state index is 0.107. The zero-order valence-corrected chi connectivity index (χ0v) is 22.5. The number of para-hydroxylation sites is 1. The van der Waals surface area contributed by atoms with E-state index in [9.17, 15) is 9.18 Å². The van der Waals surface area contributed by atoms with Gasteiger partial charge in [0.15, 0.2) is 0 Å². The molecule has 0 saturated carbocycles. The number of nitrogens with zero attached hydrogens (tertiary/aromatic N) is 3. The molecule has 0 spiro atoms. The highest BCUT2D eigenvalue weighted by Crippen LogP contribution is 2.44. The van der Waals surface area contributed by atoms with Crippen LogP contribution in [0.25, 0.3) is 10.9 Å². The Kier molecular flexibility index (Phi) is 7.53. The highest BCUT2D eigenvalue weighted by molar-refractivity contribution is 5.84. The number of piperidine rings is 3. The van der Waals surface area contributed by atoms with Crippen LogP contribution in [-0.4, -0.2) is 59.2 Å². The Morgan fingerprint density at radius 3 is 2.63 bits per heavy atom. The Labute approximate surface area is 225 Å². The van der Waals surface area contributed by atoms with Gasteiger partial charge in [0.25, 0.3) is 0 Å². The van der Waals surface area contributed by atoms with Crippen LogP contribution in [0.15, 0.2) is 54.7 Å². The third-order valence-corrected chi connectivity index (χ3v) is 9.43. The summed E-state index contributed by atoms with van der Waals surface area (Å²) in [6.45, 7) is 5.03. The molecule has 0 aliphatic carbocycles. The van der Waals surface area contributed by atoms with Crippen LogP contribution in [-0.2, 0) is 22.6 Å². The van der Waals surface area contributed by atoms with Crippen molar-refractivity contribution >= 4 is 16.9 Å². The summed E-state index contributed by atoms with van der Waals surface area (Å²) in [5, 5.41) is 1.26. The fourth-order valence-corrected chi connectivity index (χ4v) is 7.83. The number of esters is 1. The molecule has 4 heterocycles. The molecule has 2 aromatic carbocycles. The predicted octanol–water partition coefficient (Wildman–Crippen LogP) is 5.85. The molecule has 3 aliphatic rings. The van der Waals surface area contributed by atoms with Crippen LogP contribution in [0.5, 0.6) is 0 Å². The number of carbonyl (C=O) groups is 1. The molecule has 38 heavy (non-hydrogen) atoms. The predicted molar refractivity (Wildman–Crippen MR) is 148 cm³/mol. The molecule has 6 heteroatoms. The van der Waals surface area contributed by atoms with Crippen molar-refractivity contribution in [3.8, 4) is 0 Å². The lowest BCUT2D eigenvalue weighted by molar-refractivity contribution is -0.141. The Morgan fingerprint density at radius 1 is 1.00 bits per heavy atom. The van der Waals surface area contributed by atoms with E-state index in [0.717, 1.165) is 37.4 Å². The smallest absolute Gasteiger partial charge is 0.305 e. The van der Waals surface area contributed by atoms with Crippen molar-refractivity contribution in [2.75, 3.05) is 26.7 Å². The highest BCUT2D eigenvalue weighted by Gasteiger charge is 2.48. The van der Waals surface area contributed by atoms with Crippen molar-refractivity contribution in [3.05, 3.63) is 71.7 Å². The maximum Gasteiger partial charge on any atom is 0.305 e. The van der Waals surface area contributed by atoms with E-state index in [-0.39, 0.29) is 11.8 Å². The summed E-state index contributed by atoms with van der Waals surface area (Å²) in [7, 11) is 1.48. The third-order valence-electron chi connectivity index (χ3n) is 9.43. The van der Waals surface area contributed by atoms with Crippen molar-refractivity contribution in [1.82, 2.24) is 14.4 Å². The number of halogens is 1. The molecule has 5 nitrogen and oxygen atoms in total. The van der Waals surface area contributed by atoms with Gasteiger partial charge in [-0.15, -0.1) is 0 Å². The van der Waals surface area contributed by atoms with Crippen molar-refractivity contribution in [1.29, 1.82) is 0 Å². The van der Waals surface area contributed by atoms with Crippen LogP contribution >= 0.6 is 0 Å². The molecule has 1 aromatic heterocycles. The monoisotopic (exact) mass is 517 g/mol. The first kappa shape index (κ1) is 25.6. The quantitative estimate of drug-likeness (QED) is 0.352. The molecule has 3 fully saturated rings. The molecule has 202 valence electrons. The summed E-state index contributed by atoms with van der Waals surface area (Å²) in [5.74, 6) is 1.12. The molecule has 0 radical (unpaired) electrons. The number of ether oxygens (including phenoxy) is 1. The largest absolute Gasteiger partial charge is 0.469 e. The number of hydrogen-bond acceptors (Lipinski definition) is 4. The summed E-state index contributed by atoms with van der Waals surface area (Å²) in [6, 6.07) is 16.8. The van der Waals surface area contributed by atoms with Gasteiger partial charge in [-0.25, -0.2) is 4.39 Å². The molecule has 0 unspecified atom stereocenters.